The van der Waals surface area contributed by atoms with Gasteiger partial charge >= 0.3 is 0 Å². The fourth-order valence-corrected chi connectivity index (χ4v) is 3.08. The Morgan fingerprint density at radius 3 is 2.46 bits per heavy atom. The van der Waals surface area contributed by atoms with Crippen molar-refractivity contribution in [2.75, 3.05) is 39.8 Å². The molecule has 0 saturated carbocycles. The molecule has 1 heterocycles. The zero-order valence-electron chi connectivity index (χ0n) is 14.8. The standard InChI is InChI=1S/C20H22ClFN2O2/c1-23-9-11-24(12-10-23)13-20(25)15-5-7-16(8-6-15)26-14-17-18(21)3-2-4-19(17)22/h2-8H,9-14H2,1H3. The minimum absolute atomic E-state index is 0.0418. The van der Waals surface area contributed by atoms with E-state index in [2.05, 4.69) is 16.8 Å². The number of hydrogen-bond donors (Lipinski definition) is 0. The maximum atomic E-state index is 13.8. The van der Waals surface area contributed by atoms with Gasteiger partial charge in [-0.2, -0.15) is 0 Å². The van der Waals surface area contributed by atoms with Crippen molar-refractivity contribution in [1.29, 1.82) is 0 Å². The molecule has 0 aliphatic carbocycles. The van der Waals surface area contributed by atoms with Crippen molar-refractivity contribution in [2.24, 2.45) is 0 Å². The number of carbonyl (C=O) groups is 1. The van der Waals surface area contributed by atoms with E-state index in [1.165, 1.54) is 6.07 Å². The predicted octanol–water partition coefficient (Wildman–Crippen LogP) is 3.49. The minimum Gasteiger partial charge on any atom is -0.489 e. The molecule has 2 aromatic rings. The van der Waals surface area contributed by atoms with Crippen molar-refractivity contribution in [3.05, 3.63) is 64.4 Å². The van der Waals surface area contributed by atoms with Crippen molar-refractivity contribution in [3.8, 4) is 5.75 Å². The average molecular weight is 377 g/mol. The van der Waals surface area contributed by atoms with E-state index in [4.69, 9.17) is 16.3 Å². The molecule has 1 saturated heterocycles. The number of Topliss-reactive ketones (excluding diaryl/α,β-unsaturated/α-hetero) is 1. The summed E-state index contributed by atoms with van der Waals surface area (Å²) in [6.07, 6.45) is 0. The zero-order chi connectivity index (χ0) is 18.5. The first kappa shape index (κ1) is 18.8. The van der Waals surface area contributed by atoms with E-state index in [0.29, 0.717) is 28.4 Å². The number of hydrogen-bond acceptors (Lipinski definition) is 4. The van der Waals surface area contributed by atoms with Crippen molar-refractivity contribution >= 4 is 17.4 Å². The first-order chi connectivity index (χ1) is 12.5. The third kappa shape index (κ3) is 4.81. The molecule has 6 heteroatoms. The molecule has 138 valence electrons. The highest BCUT2D eigenvalue weighted by Gasteiger charge is 2.17. The van der Waals surface area contributed by atoms with Gasteiger partial charge in [0, 0.05) is 37.3 Å². The van der Waals surface area contributed by atoms with E-state index < -0.39 is 5.82 Å². The van der Waals surface area contributed by atoms with Crippen molar-refractivity contribution in [3.63, 3.8) is 0 Å². The van der Waals surface area contributed by atoms with Gasteiger partial charge < -0.3 is 9.64 Å². The lowest BCUT2D eigenvalue weighted by atomic mass is 10.1. The second-order valence-electron chi connectivity index (χ2n) is 6.52. The highest BCUT2D eigenvalue weighted by molar-refractivity contribution is 6.31. The molecule has 0 spiro atoms. The largest absolute Gasteiger partial charge is 0.489 e. The van der Waals surface area contributed by atoms with Gasteiger partial charge in [-0.25, -0.2) is 4.39 Å². The number of likely N-dealkylation sites (N-methyl/N-ethyl adjacent to an activating group) is 1. The summed E-state index contributed by atoms with van der Waals surface area (Å²) in [4.78, 5) is 16.8. The molecule has 26 heavy (non-hydrogen) atoms. The summed E-state index contributed by atoms with van der Waals surface area (Å²) in [6, 6.07) is 11.5. The number of rotatable bonds is 6. The monoisotopic (exact) mass is 376 g/mol. The van der Waals surface area contributed by atoms with Crippen LogP contribution in [-0.4, -0.2) is 55.4 Å². The molecule has 1 fully saturated rings. The molecule has 4 nitrogen and oxygen atoms in total. The second kappa shape index (κ2) is 8.62. The molecular weight excluding hydrogens is 355 g/mol. The van der Waals surface area contributed by atoms with Gasteiger partial charge in [0.2, 0.25) is 0 Å². The molecule has 0 aromatic heterocycles. The summed E-state index contributed by atoms with van der Waals surface area (Å²) in [5.74, 6) is 0.273. The van der Waals surface area contributed by atoms with Gasteiger partial charge in [-0.05, 0) is 43.4 Å². The Labute approximate surface area is 158 Å². The Hall–Kier alpha value is -1.95. The Balaban J connectivity index is 1.55. The highest BCUT2D eigenvalue weighted by atomic mass is 35.5. The van der Waals surface area contributed by atoms with Crippen LogP contribution in [0, 0.1) is 5.82 Å². The van der Waals surface area contributed by atoms with E-state index in [9.17, 15) is 9.18 Å². The van der Waals surface area contributed by atoms with Crippen molar-refractivity contribution in [2.45, 2.75) is 6.61 Å². The second-order valence-corrected chi connectivity index (χ2v) is 6.92. The normalized spacial score (nSPS) is 15.8. The average Bonchev–Trinajstić information content (AvgIpc) is 2.64. The Morgan fingerprint density at radius 2 is 1.81 bits per heavy atom. The van der Waals surface area contributed by atoms with Crippen LogP contribution in [0.5, 0.6) is 5.75 Å². The summed E-state index contributed by atoms with van der Waals surface area (Å²) >= 11 is 5.99. The molecule has 0 N–H and O–H groups in total. The number of halogens is 2. The smallest absolute Gasteiger partial charge is 0.176 e. The van der Waals surface area contributed by atoms with Gasteiger partial charge in [-0.3, -0.25) is 9.69 Å². The molecule has 1 aliphatic heterocycles. The molecule has 0 radical (unpaired) electrons. The zero-order valence-corrected chi connectivity index (χ0v) is 15.5. The van der Waals surface area contributed by atoms with E-state index in [-0.39, 0.29) is 12.4 Å². The Kier molecular flexibility index (Phi) is 6.25. The van der Waals surface area contributed by atoms with Crippen LogP contribution in [0.25, 0.3) is 0 Å². The number of piperazine rings is 1. The number of ether oxygens (including phenoxy) is 1. The van der Waals surface area contributed by atoms with Crippen molar-refractivity contribution in [1.82, 2.24) is 9.80 Å². The van der Waals surface area contributed by atoms with Gasteiger partial charge in [-0.1, -0.05) is 17.7 Å². The predicted molar refractivity (Wildman–Crippen MR) is 100 cm³/mol. The van der Waals surface area contributed by atoms with Crippen LogP contribution in [0.3, 0.4) is 0 Å². The fraction of sp³-hybridized carbons (Fsp3) is 0.350. The number of carbonyl (C=O) groups excluding carboxylic acids is 1. The molecule has 3 rings (SSSR count). The lowest BCUT2D eigenvalue weighted by Crippen LogP contribution is -2.46. The lowest BCUT2D eigenvalue weighted by molar-refractivity contribution is 0.0876. The van der Waals surface area contributed by atoms with Crippen LogP contribution >= 0.6 is 11.6 Å². The van der Waals surface area contributed by atoms with Gasteiger partial charge in [0.25, 0.3) is 0 Å². The van der Waals surface area contributed by atoms with E-state index in [1.807, 2.05) is 0 Å². The maximum absolute atomic E-state index is 13.8. The molecule has 1 aliphatic rings. The summed E-state index contributed by atoms with van der Waals surface area (Å²) < 4.78 is 19.4. The molecule has 2 aromatic carbocycles. The highest BCUT2D eigenvalue weighted by Crippen LogP contribution is 2.22. The van der Waals surface area contributed by atoms with Crippen molar-refractivity contribution < 1.29 is 13.9 Å². The SMILES string of the molecule is CN1CCN(CC(=O)c2ccc(OCc3c(F)cccc3Cl)cc2)CC1. The minimum atomic E-state index is -0.392. The number of nitrogens with zero attached hydrogens (tertiary/aromatic N) is 2. The third-order valence-electron chi connectivity index (χ3n) is 4.58. The van der Waals surface area contributed by atoms with Gasteiger partial charge in [0.05, 0.1) is 11.6 Å². The number of benzene rings is 2. The summed E-state index contributed by atoms with van der Waals surface area (Å²) in [7, 11) is 2.09. The van der Waals surface area contributed by atoms with Gasteiger partial charge in [0.1, 0.15) is 18.2 Å². The molecule has 0 amide bonds. The Morgan fingerprint density at radius 1 is 1.12 bits per heavy atom. The van der Waals surface area contributed by atoms with Crippen LogP contribution in [0.1, 0.15) is 15.9 Å². The Bertz CT molecular complexity index is 739. The van der Waals surface area contributed by atoms with Crippen LogP contribution in [-0.2, 0) is 6.61 Å². The van der Waals surface area contributed by atoms with E-state index in [1.54, 1.807) is 36.4 Å². The van der Waals surface area contributed by atoms with E-state index in [0.717, 1.165) is 26.2 Å². The maximum Gasteiger partial charge on any atom is 0.176 e. The topological polar surface area (TPSA) is 32.8 Å². The lowest BCUT2D eigenvalue weighted by Gasteiger charge is -2.31. The van der Waals surface area contributed by atoms with Crippen LogP contribution in [0.4, 0.5) is 4.39 Å². The summed E-state index contributed by atoms with van der Waals surface area (Å²) in [6.45, 7) is 4.26. The first-order valence-electron chi connectivity index (χ1n) is 8.63. The van der Waals surface area contributed by atoms with Crippen LogP contribution < -0.4 is 4.74 Å². The fourth-order valence-electron chi connectivity index (χ4n) is 2.86. The van der Waals surface area contributed by atoms with Crippen LogP contribution in [0.2, 0.25) is 5.02 Å². The molecule has 0 unspecified atom stereocenters. The van der Waals surface area contributed by atoms with Crippen LogP contribution in [0.15, 0.2) is 42.5 Å². The van der Waals surface area contributed by atoms with Gasteiger partial charge in [-0.15, -0.1) is 0 Å². The number of ketones is 1. The third-order valence-corrected chi connectivity index (χ3v) is 4.94. The summed E-state index contributed by atoms with van der Waals surface area (Å²) in [5.41, 5.74) is 0.976. The molecule has 0 atom stereocenters. The first-order valence-corrected chi connectivity index (χ1v) is 9.00. The molecule has 0 bridgehead atoms. The molecular formula is C20H22ClFN2O2. The van der Waals surface area contributed by atoms with Gasteiger partial charge in [0.15, 0.2) is 5.78 Å². The van der Waals surface area contributed by atoms with E-state index >= 15 is 0 Å². The quantitative estimate of drug-likeness (QED) is 0.722. The summed E-state index contributed by atoms with van der Waals surface area (Å²) in [5, 5.41) is 0.337.